The topological polar surface area (TPSA) is 113 Å². The van der Waals surface area contributed by atoms with Gasteiger partial charge in [0.1, 0.15) is 23.2 Å². The summed E-state index contributed by atoms with van der Waals surface area (Å²) in [5, 5.41) is 14.8. The summed E-state index contributed by atoms with van der Waals surface area (Å²) in [5.41, 5.74) is 14.1. The van der Waals surface area contributed by atoms with E-state index in [0.29, 0.717) is 11.1 Å². The lowest BCUT2D eigenvalue weighted by Gasteiger charge is -2.02. The average molecular weight is 346 g/mol. The molecule has 0 atom stereocenters. The summed E-state index contributed by atoms with van der Waals surface area (Å²) < 4.78 is 5.89. The van der Waals surface area contributed by atoms with Crippen molar-refractivity contribution >= 4 is 11.7 Å². The van der Waals surface area contributed by atoms with Crippen LogP contribution in [0.4, 0.5) is 0 Å². The largest absolute Gasteiger partial charge is 0.456 e. The fraction of sp³-hybridized carbons (Fsp3) is 0.143. The van der Waals surface area contributed by atoms with Crippen molar-refractivity contribution in [3.05, 3.63) is 71.8 Å². The molecule has 1 fully saturated rings. The molecule has 0 aliphatic heterocycles. The van der Waals surface area contributed by atoms with Gasteiger partial charge >= 0.3 is 0 Å². The zero-order chi connectivity index (χ0) is 18.5. The molecule has 6 N–H and O–H groups in total. The lowest BCUT2D eigenvalue weighted by Crippen LogP contribution is -2.10. The molecule has 5 nitrogen and oxygen atoms in total. The third-order valence-electron chi connectivity index (χ3n) is 3.92. The Bertz CT molecular complexity index is 831. The monoisotopic (exact) mass is 346 g/mol. The normalized spacial score (nSPS) is 12.0. The SMILES string of the molecule is C1CC1.N=C(N)c1ccc(-c2ccc(-c3ccc(C(=N)N)cc3)o2)cc1. The van der Waals surface area contributed by atoms with Gasteiger partial charge in [-0.2, -0.15) is 0 Å². The van der Waals surface area contributed by atoms with E-state index >= 15 is 0 Å². The molecule has 1 saturated carbocycles. The first kappa shape index (κ1) is 17.5. The molecule has 1 aliphatic carbocycles. The second-order valence-corrected chi connectivity index (χ2v) is 6.21. The van der Waals surface area contributed by atoms with Gasteiger partial charge in [0.2, 0.25) is 0 Å². The van der Waals surface area contributed by atoms with Gasteiger partial charge in [-0.05, 0) is 12.1 Å². The van der Waals surface area contributed by atoms with Crippen molar-refractivity contribution in [2.75, 3.05) is 0 Å². The van der Waals surface area contributed by atoms with Gasteiger partial charge < -0.3 is 15.9 Å². The summed E-state index contributed by atoms with van der Waals surface area (Å²) in [6.07, 6.45) is 4.50. The van der Waals surface area contributed by atoms with Crippen LogP contribution in [0.2, 0.25) is 0 Å². The zero-order valence-electron chi connectivity index (χ0n) is 14.5. The Morgan fingerprint density at radius 2 is 0.962 bits per heavy atom. The minimum absolute atomic E-state index is 0.0437. The molecule has 4 rings (SSSR count). The number of nitrogens with two attached hydrogens (primary N) is 2. The molecule has 26 heavy (non-hydrogen) atoms. The molecule has 0 amide bonds. The summed E-state index contributed by atoms with van der Waals surface area (Å²) in [5.74, 6) is 1.57. The molecule has 5 heteroatoms. The summed E-state index contributed by atoms with van der Waals surface area (Å²) in [4.78, 5) is 0. The van der Waals surface area contributed by atoms with E-state index in [9.17, 15) is 0 Å². The second kappa shape index (κ2) is 7.70. The quantitative estimate of drug-likeness (QED) is 0.416. The first-order valence-corrected chi connectivity index (χ1v) is 8.54. The predicted octanol–water partition coefficient (Wildman–Crippen LogP) is 4.35. The highest BCUT2D eigenvalue weighted by Gasteiger charge is 2.08. The molecule has 1 heterocycles. The van der Waals surface area contributed by atoms with Crippen LogP contribution in [0.25, 0.3) is 22.6 Å². The lowest BCUT2D eigenvalue weighted by molar-refractivity contribution is 0.597. The van der Waals surface area contributed by atoms with Crippen molar-refractivity contribution in [1.29, 1.82) is 10.8 Å². The third kappa shape index (κ3) is 4.39. The minimum atomic E-state index is 0.0437. The van der Waals surface area contributed by atoms with Crippen LogP contribution in [0.15, 0.2) is 65.1 Å². The van der Waals surface area contributed by atoms with E-state index in [4.69, 9.17) is 26.7 Å². The van der Waals surface area contributed by atoms with E-state index < -0.39 is 0 Å². The van der Waals surface area contributed by atoms with Crippen molar-refractivity contribution in [3.8, 4) is 22.6 Å². The molecule has 3 aromatic rings. The number of hydrogen-bond donors (Lipinski definition) is 4. The van der Waals surface area contributed by atoms with Gasteiger partial charge in [0.25, 0.3) is 0 Å². The Balaban J connectivity index is 0.000000592. The molecular weight excluding hydrogens is 324 g/mol. The zero-order valence-corrected chi connectivity index (χ0v) is 14.5. The van der Waals surface area contributed by atoms with Gasteiger partial charge in [0.15, 0.2) is 0 Å². The average Bonchev–Trinajstić information content (AvgIpc) is 3.46. The second-order valence-electron chi connectivity index (χ2n) is 6.21. The first-order valence-electron chi connectivity index (χ1n) is 8.54. The molecule has 1 aromatic heterocycles. The van der Waals surface area contributed by atoms with E-state index in [-0.39, 0.29) is 11.7 Å². The van der Waals surface area contributed by atoms with Crippen LogP contribution in [-0.2, 0) is 0 Å². The Kier molecular flexibility index (Phi) is 5.17. The molecule has 2 aromatic carbocycles. The number of amidine groups is 2. The molecule has 0 spiro atoms. The maximum atomic E-state index is 7.40. The van der Waals surface area contributed by atoms with Gasteiger partial charge in [-0.3, -0.25) is 10.8 Å². The molecule has 0 saturated heterocycles. The molecule has 0 radical (unpaired) electrons. The number of nitrogens with one attached hydrogen (secondary N) is 2. The van der Waals surface area contributed by atoms with Crippen LogP contribution in [-0.4, -0.2) is 11.7 Å². The van der Waals surface area contributed by atoms with E-state index in [1.54, 1.807) is 24.3 Å². The number of hydrogen-bond acceptors (Lipinski definition) is 3. The van der Waals surface area contributed by atoms with Crippen LogP contribution in [0, 0.1) is 10.8 Å². The van der Waals surface area contributed by atoms with Crippen molar-refractivity contribution in [2.45, 2.75) is 19.3 Å². The van der Waals surface area contributed by atoms with Crippen LogP contribution >= 0.6 is 0 Å². The van der Waals surface area contributed by atoms with Crippen LogP contribution < -0.4 is 11.5 Å². The van der Waals surface area contributed by atoms with Crippen molar-refractivity contribution in [2.24, 2.45) is 11.5 Å². The third-order valence-corrected chi connectivity index (χ3v) is 3.92. The number of rotatable bonds is 4. The molecule has 132 valence electrons. The molecule has 0 unspecified atom stereocenters. The number of nitrogen functional groups attached to an aromatic ring is 2. The minimum Gasteiger partial charge on any atom is -0.456 e. The summed E-state index contributed by atoms with van der Waals surface area (Å²) in [6, 6.07) is 18.5. The first-order chi connectivity index (χ1) is 12.5. The maximum absolute atomic E-state index is 7.40. The predicted molar refractivity (Wildman–Crippen MR) is 105 cm³/mol. The lowest BCUT2D eigenvalue weighted by atomic mass is 10.1. The highest BCUT2D eigenvalue weighted by Crippen LogP contribution is 2.28. The Hall–Kier alpha value is -3.34. The van der Waals surface area contributed by atoms with Gasteiger partial charge in [-0.1, -0.05) is 67.8 Å². The van der Waals surface area contributed by atoms with Crippen LogP contribution in [0.3, 0.4) is 0 Å². The van der Waals surface area contributed by atoms with E-state index in [1.807, 2.05) is 36.4 Å². The fourth-order valence-electron chi connectivity index (χ4n) is 2.28. The van der Waals surface area contributed by atoms with E-state index in [0.717, 1.165) is 22.6 Å². The summed E-state index contributed by atoms with van der Waals surface area (Å²) in [7, 11) is 0. The smallest absolute Gasteiger partial charge is 0.134 e. The Labute approximate surface area is 152 Å². The van der Waals surface area contributed by atoms with E-state index in [2.05, 4.69) is 0 Å². The van der Waals surface area contributed by atoms with Crippen LogP contribution in [0.5, 0.6) is 0 Å². The summed E-state index contributed by atoms with van der Waals surface area (Å²) in [6.45, 7) is 0. The van der Waals surface area contributed by atoms with Crippen molar-refractivity contribution in [1.82, 2.24) is 0 Å². The maximum Gasteiger partial charge on any atom is 0.134 e. The molecular formula is C21H22N4O. The molecule has 0 bridgehead atoms. The van der Waals surface area contributed by atoms with E-state index in [1.165, 1.54) is 19.3 Å². The Morgan fingerprint density at radius 3 is 1.23 bits per heavy atom. The van der Waals surface area contributed by atoms with Gasteiger partial charge in [0, 0.05) is 22.3 Å². The highest BCUT2D eigenvalue weighted by molar-refractivity contribution is 5.95. The standard InChI is InChI=1S/C18H16N4O.C3H6/c19-17(20)13-5-1-11(2-6-13)15-9-10-16(23-15)12-3-7-14(8-4-12)18(21)22;1-2-3-1/h1-10H,(H3,19,20)(H3,21,22);1-3H2. The number of furan rings is 1. The number of benzene rings is 2. The van der Waals surface area contributed by atoms with Crippen LogP contribution in [0.1, 0.15) is 30.4 Å². The highest BCUT2D eigenvalue weighted by atomic mass is 16.3. The van der Waals surface area contributed by atoms with Crippen molar-refractivity contribution < 1.29 is 4.42 Å². The van der Waals surface area contributed by atoms with Gasteiger partial charge in [-0.25, -0.2) is 0 Å². The Morgan fingerprint density at radius 1 is 0.615 bits per heavy atom. The molecule has 1 aliphatic rings. The van der Waals surface area contributed by atoms with Gasteiger partial charge in [0.05, 0.1) is 0 Å². The van der Waals surface area contributed by atoms with Crippen molar-refractivity contribution in [3.63, 3.8) is 0 Å². The fourth-order valence-corrected chi connectivity index (χ4v) is 2.28. The van der Waals surface area contributed by atoms with Gasteiger partial charge in [-0.15, -0.1) is 0 Å². The summed E-state index contributed by atoms with van der Waals surface area (Å²) >= 11 is 0.